The molecule has 1 amide bonds. The lowest BCUT2D eigenvalue weighted by molar-refractivity contribution is -0.159. The van der Waals surface area contributed by atoms with Gasteiger partial charge in [0, 0.05) is 19.8 Å². The number of hydrogen-bond acceptors (Lipinski definition) is 4. The van der Waals surface area contributed by atoms with Crippen LogP contribution in [0, 0.1) is 0 Å². The van der Waals surface area contributed by atoms with E-state index in [1.165, 1.54) is 5.56 Å². The van der Waals surface area contributed by atoms with E-state index in [1.54, 1.807) is 11.8 Å². The Balaban J connectivity index is 2.68. The molecule has 5 heteroatoms. The zero-order valence-corrected chi connectivity index (χ0v) is 13.8. The number of nitrogens with two attached hydrogens (primary N) is 1. The van der Waals surface area contributed by atoms with Crippen molar-refractivity contribution < 1.29 is 14.3 Å². The molecule has 1 aromatic rings. The Morgan fingerprint density at radius 2 is 1.77 bits per heavy atom. The highest BCUT2D eigenvalue weighted by Crippen LogP contribution is 2.06. The fraction of sp³-hybridized carbons (Fsp3) is 0.588. The predicted molar refractivity (Wildman–Crippen MR) is 87.4 cm³/mol. The molecule has 5 nitrogen and oxygen atoms in total. The number of carbonyl (C=O) groups excluding carboxylic acids is 1. The van der Waals surface area contributed by atoms with E-state index in [0.29, 0.717) is 26.3 Å². The zero-order chi connectivity index (χ0) is 16.4. The average Bonchev–Trinajstić information content (AvgIpc) is 2.52. The van der Waals surface area contributed by atoms with Gasteiger partial charge in [-0.05, 0) is 32.8 Å². The minimum Gasteiger partial charge on any atom is -0.351 e. The van der Waals surface area contributed by atoms with E-state index in [2.05, 4.69) is 12.1 Å². The predicted octanol–water partition coefficient (Wildman–Crippen LogP) is 1.80. The molecule has 0 fully saturated rings. The summed E-state index contributed by atoms with van der Waals surface area (Å²) in [5.41, 5.74) is 6.95. The van der Waals surface area contributed by atoms with Gasteiger partial charge in [-0.1, -0.05) is 30.3 Å². The SMILES string of the molecule is CCOC(CN(CCc1ccccc1)C(=O)C(C)N)OCC. The van der Waals surface area contributed by atoms with Crippen molar-refractivity contribution in [1.82, 2.24) is 4.90 Å². The Bertz CT molecular complexity index is 417. The molecule has 1 unspecified atom stereocenters. The number of nitrogens with zero attached hydrogens (tertiary/aromatic N) is 1. The molecule has 1 aromatic carbocycles. The maximum absolute atomic E-state index is 12.3. The van der Waals surface area contributed by atoms with Crippen molar-refractivity contribution in [2.75, 3.05) is 26.3 Å². The van der Waals surface area contributed by atoms with Gasteiger partial charge < -0.3 is 20.1 Å². The molecule has 0 aliphatic rings. The molecule has 0 saturated heterocycles. The van der Waals surface area contributed by atoms with Crippen LogP contribution in [0.2, 0.25) is 0 Å². The Labute approximate surface area is 133 Å². The molecule has 0 radical (unpaired) electrons. The van der Waals surface area contributed by atoms with Crippen molar-refractivity contribution in [2.45, 2.75) is 39.5 Å². The van der Waals surface area contributed by atoms with Crippen molar-refractivity contribution in [1.29, 1.82) is 0 Å². The van der Waals surface area contributed by atoms with Gasteiger partial charge in [0.05, 0.1) is 12.6 Å². The van der Waals surface area contributed by atoms with E-state index in [4.69, 9.17) is 15.2 Å². The van der Waals surface area contributed by atoms with Gasteiger partial charge >= 0.3 is 0 Å². The fourth-order valence-corrected chi connectivity index (χ4v) is 2.19. The minimum atomic E-state index is -0.528. The topological polar surface area (TPSA) is 64.8 Å². The molecule has 22 heavy (non-hydrogen) atoms. The molecule has 0 spiro atoms. The van der Waals surface area contributed by atoms with Crippen LogP contribution in [0.15, 0.2) is 30.3 Å². The van der Waals surface area contributed by atoms with Crippen LogP contribution in [-0.2, 0) is 20.7 Å². The third-order valence-corrected chi connectivity index (χ3v) is 3.29. The molecule has 0 bridgehead atoms. The van der Waals surface area contributed by atoms with E-state index in [9.17, 15) is 4.79 Å². The molecular weight excluding hydrogens is 280 g/mol. The Morgan fingerprint density at radius 3 is 2.27 bits per heavy atom. The van der Waals surface area contributed by atoms with Gasteiger partial charge in [-0.3, -0.25) is 4.79 Å². The second kappa shape index (κ2) is 10.3. The number of rotatable bonds is 10. The van der Waals surface area contributed by atoms with Crippen molar-refractivity contribution >= 4 is 5.91 Å². The van der Waals surface area contributed by atoms with E-state index in [1.807, 2.05) is 32.0 Å². The lowest BCUT2D eigenvalue weighted by Gasteiger charge is -2.28. The molecule has 0 aromatic heterocycles. The number of hydrogen-bond donors (Lipinski definition) is 1. The minimum absolute atomic E-state index is 0.0830. The van der Waals surface area contributed by atoms with Crippen LogP contribution >= 0.6 is 0 Å². The van der Waals surface area contributed by atoms with E-state index in [0.717, 1.165) is 6.42 Å². The van der Waals surface area contributed by atoms with E-state index >= 15 is 0 Å². The van der Waals surface area contributed by atoms with Crippen LogP contribution in [-0.4, -0.2) is 49.4 Å². The molecule has 1 atom stereocenters. The first-order valence-corrected chi connectivity index (χ1v) is 7.89. The van der Waals surface area contributed by atoms with Gasteiger partial charge in [-0.15, -0.1) is 0 Å². The summed E-state index contributed by atoms with van der Waals surface area (Å²) in [7, 11) is 0. The summed E-state index contributed by atoms with van der Waals surface area (Å²) in [6.07, 6.45) is 0.373. The quantitative estimate of drug-likeness (QED) is 0.670. The van der Waals surface area contributed by atoms with Crippen LogP contribution < -0.4 is 5.73 Å². The van der Waals surface area contributed by atoms with Gasteiger partial charge in [0.25, 0.3) is 0 Å². The fourth-order valence-electron chi connectivity index (χ4n) is 2.19. The Kier molecular flexibility index (Phi) is 8.74. The van der Waals surface area contributed by atoms with E-state index in [-0.39, 0.29) is 5.91 Å². The van der Waals surface area contributed by atoms with Crippen molar-refractivity contribution in [2.24, 2.45) is 5.73 Å². The van der Waals surface area contributed by atoms with Crippen LogP contribution in [0.5, 0.6) is 0 Å². The maximum Gasteiger partial charge on any atom is 0.239 e. The molecule has 0 heterocycles. The highest BCUT2D eigenvalue weighted by Gasteiger charge is 2.21. The summed E-state index contributed by atoms with van der Waals surface area (Å²) < 4.78 is 11.1. The van der Waals surface area contributed by atoms with Gasteiger partial charge in [-0.2, -0.15) is 0 Å². The largest absolute Gasteiger partial charge is 0.351 e. The van der Waals surface area contributed by atoms with Crippen LogP contribution in [0.3, 0.4) is 0 Å². The first-order chi connectivity index (χ1) is 10.6. The third-order valence-electron chi connectivity index (χ3n) is 3.29. The summed E-state index contributed by atoms with van der Waals surface area (Å²) in [4.78, 5) is 14.0. The third kappa shape index (κ3) is 6.56. The number of ether oxygens (including phenoxy) is 2. The smallest absolute Gasteiger partial charge is 0.239 e. The number of carbonyl (C=O) groups is 1. The van der Waals surface area contributed by atoms with Crippen molar-refractivity contribution in [3.63, 3.8) is 0 Å². The summed E-state index contributed by atoms with van der Waals surface area (Å²) in [5.74, 6) is -0.0830. The zero-order valence-electron chi connectivity index (χ0n) is 13.8. The highest BCUT2D eigenvalue weighted by molar-refractivity contribution is 5.81. The lowest BCUT2D eigenvalue weighted by Crippen LogP contribution is -2.47. The normalized spacial score (nSPS) is 12.4. The van der Waals surface area contributed by atoms with Gasteiger partial charge in [0.15, 0.2) is 6.29 Å². The maximum atomic E-state index is 12.3. The molecular formula is C17H28N2O3. The van der Waals surface area contributed by atoms with Crippen molar-refractivity contribution in [3.8, 4) is 0 Å². The Morgan fingerprint density at radius 1 is 1.18 bits per heavy atom. The molecule has 2 N–H and O–H groups in total. The van der Waals surface area contributed by atoms with Crippen LogP contribution in [0.25, 0.3) is 0 Å². The Hall–Kier alpha value is -1.43. The number of benzene rings is 1. The lowest BCUT2D eigenvalue weighted by atomic mass is 10.1. The molecule has 124 valence electrons. The first-order valence-electron chi connectivity index (χ1n) is 7.89. The molecule has 0 aliphatic carbocycles. The summed E-state index contributed by atoms with van der Waals surface area (Å²) in [6, 6.07) is 9.55. The average molecular weight is 308 g/mol. The standard InChI is InChI=1S/C17H28N2O3/c1-4-21-16(22-5-2)13-19(17(20)14(3)18)12-11-15-9-7-6-8-10-15/h6-10,14,16H,4-5,11-13,18H2,1-3H3. The highest BCUT2D eigenvalue weighted by atomic mass is 16.7. The first kappa shape index (κ1) is 18.6. The van der Waals surface area contributed by atoms with Gasteiger partial charge in [0.2, 0.25) is 5.91 Å². The van der Waals surface area contributed by atoms with E-state index < -0.39 is 12.3 Å². The van der Waals surface area contributed by atoms with Gasteiger partial charge in [0.1, 0.15) is 0 Å². The van der Waals surface area contributed by atoms with Crippen LogP contribution in [0.1, 0.15) is 26.3 Å². The molecule has 0 aliphatic heterocycles. The second-order valence-electron chi connectivity index (χ2n) is 5.15. The summed E-state index contributed by atoms with van der Waals surface area (Å²) in [5, 5.41) is 0. The van der Waals surface area contributed by atoms with Crippen LogP contribution in [0.4, 0.5) is 0 Å². The van der Waals surface area contributed by atoms with Crippen molar-refractivity contribution in [3.05, 3.63) is 35.9 Å². The molecule has 0 saturated carbocycles. The molecule has 1 rings (SSSR count). The van der Waals surface area contributed by atoms with Gasteiger partial charge in [-0.25, -0.2) is 0 Å². The monoisotopic (exact) mass is 308 g/mol. The second-order valence-corrected chi connectivity index (χ2v) is 5.15. The number of amides is 1. The summed E-state index contributed by atoms with van der Waals surface area (Å²) >= 11 is 0. The summed E-state index contributed by atoms with van der Waals surface area (Å²) in [6.45, 7) is 7.61.